The van der Waals surface area contributed by atoms with Crippen molar-refractivity contribution in [2.24, 2.45) is 0 Å². The second kappa shape index (κ2) is 8.74. The molecule has 2 atom stereocenters. The van der Waals surface area contributed by atoms with E-state index < -0.39 is 0 Å². The SMILES string of the molecule is CC[C@H](C(=O)N[C@@H](c1ccccc1)c1ccccc1OC)n1nc(C)cc1C. The Morgan fingerprint density at radius 1 is 1.11 bits per heavy atom. The summed E-state index contributed by atoms with van der Waals surface area (Å²) in [6, 6.07) is 19.0. The third kappa shape index (κ3) is 4.09. The van der Waals surface area contributed by atoms with Gasteiger partial charge in [0.1, 0.15) is 11.8 Å². The van der Waals surface area contributed by atoms with Gasteiger partial charge in [-0.2, -0.15) is 5.10 Å². The van der Waals surface area contributed by atoms with Crippen LogP contribution in [0.3, 0.4) is 0 Å². The highest BCUT2D eigenvalue weighted by Crippen LogP contribution is 2.30. The molecule has 2 aromatic carbocycles. The minimum Gasteiger partial charge on any atom is -0.496 e. The van der Waals surface area contributed by atoms with Crippen LogP contribution in [0.1, 0.15) is 47.9 Å². The quantitative estimate of drug-likeness (QED) is 0.665. The van der Waals surface area contributed by atoms with Gasteiger partial charge in [-0.25, -0.2) is 0 Å². The van der Waals surface area contributed by atoms with E-state index in [9.17, 15) is 4.79 Å². The summed E-state index contributed by atoms with van der Waals surface area (Å²) in [6.45, 7) is 5.92. The number of rotatable bonds is 7. The molecule has 0 spiro atoms. The van der Waals surface area contributed by atoms with E-state index in [2.05, 4.69) is 10.4 Å². The largest absolute Gasteiger partial charge is 0.496 e. The number of methoxy groups -OCH3 is 1. The molecular formula is C23H27N3O2. The first-order valence-electron chi connectivity index (χ1n) is 9.56. The first-order chi connectivity index (χ1) is 13.5. The molecule has 0 radical (unpaired) electrons. The van der Waals surface area contributed by atoms with Crippen LogP contribution in [0.5, 0.6) is 5.75 Å². The maximum Gasteiger partial charge on any atom is 0.245 e. The van der Waals surface area contributed by atoms with Crippen molar-refractivity contribution < 1.29 is 9.53 Å². The molecular weight excluding hydrogens is 350 g/mol. The van der Waals surface area contributed by atoms with Gasteiger partial charge < -0.3 is 10.1 Å². The molecule has 0 aliphatic heterocycles. The summed E-state index contributed by atoms with van der Waals surface area (Å²) in [6.07, 6.45) is 0.654. The number of hydrogen-bond donors (Lipinski definition) is 1. The Morgan fingerprint density at radius 2 is 1.79 bits per heavy atom. The van der Waals surface area contributed by atoms with Crippen molar-refractivity contribution in [3.63, 3.8) is 0 Å². The van der Waals surface area contributed by atoms with E-state index in [0.29, 0.717) is 6.42 Å². The topological polar surface area (TPSA) is 56.1 Å². The van der Waals surface area contributed by atoms with E-state index >= 15 is 0 Å². The normalized spacial score (nSPS) is 13.0. The van der Waals surface area contributed by atoms with Crippen molar-refractivity contribution in [1.29, 1.82) is 0 Å². The van der Waals surface area contributed by atoms with Crippen molar-refractivity contribution in [3.8, 4) is 5.75 Å². The predicted octanol–water partition coefficient (Wildman–Crippen LogP) is 4.37. The Balaban J connectivity index is 1.97. The molecule has 3 rings (SSSR count). The molecule has 1 aromatic heterocycles. The van der Waals surface area contributed by atoms with Crippen LogP contribution in [-0.2, 0) is 4.79 Å². The molecule has 5 nitrogen and oxygen atoms in total. The molecule has 0 aliphatic carbocycles. The third-order valence-electron chi connectivity index (χ3n) is 4.90. The van der Waals surface area contributed by atoms with Gasteiger partial charge in [0, 0.05) is 11.3 Å². The second-order valence-electron chi connectivity index (χ2n) is 6.89. The number of nitrogens with one attached hydrogen (secondary N) is 1. The molecule has 0 aliphatic rings. The number of hydrogen-bond acceptors (Lipinski definition) is 3. The van der Waals surface area contributed by atoms with Gasteiger partial charge in [0.15, 0.2) is 0 Å². The van der Waals surface area contributed by atoms with Gasteiger partial charge in [0.2, 0.25) is 5.91 Å². The van der Waals surface area contributed by atoms with Crippen LogP contribution in [0.2, 0.25) is 0 Å². The molecule has 0 unspecified atom stereocenters. The number of aryl methyl sites for hydroxylation is 2. The van der Waals surface area contributed by atoms with Crippen LogP contribution in [0, 0.1) is 13.8 Å². The maximum atomic E-state index is 13.3. The monoisotopic (exact) mass is 377 g/mol. The fourth-order valence-electron chi connectivity index (χ4n) is 3.56. The molecule has 1 amide bonds. The average molecular weight is 377 g/mol. The van der Waals surface area contributed by atoms with Crippen molar-refractivity contribution in [1.82, 2.24) is 15.1 Å². The van der Waals surface area contributed by atoms with Gasteiger partial charge in [0.05, 0.1) is 18.8 Å². The third-order valence-corrected chi connectivity index (χ3v) is 4.90. The fourth-order valence-corrected chi connectivity index (χ4v) is 3.56. The molecule has 1 N–H and O–H groups in total. The number of carbonyl (C=O) groups excluding carboxylic acids is 1. The number of aromatic nitrogens is 2. The smallest absolute Gasteiger partial charge is 0.245 e. The van der Waals surface area contributed by atoms with Gasteiger partial charge in [-0.05, 0) is 38.0 Å². The molecule has 28 heavy (non-hydrogen) atoms. The molecule has 0 fully saturated rings. The van der Waals surface area contributed by atoms with E-state index in [1.807, 2.05) is 86.1 Å². The first-order valence-corrected chi connectivity index (χ1v) is 9.56. The summed E-state index contributed by atoms with van der Waals surface area (Å²) < 4.78 is 7.37. The minimum atomic E-state index is -0.366. The molecule has 0 bridgehead atoms. The zero-order valence-electron chi connectivity index (χ0n) is 16.8. The van der Waals surface area contributed by atoms with Gasteiger partial charge in [-0.3, -0.25) is 9.48 Å². The maximum absolute atomic E-state index is 13.3. The molecule has 1 heterocycles. The van der Waals surface area contributed by atoms with Crippen LogP contribution in [0.4, 0.5) is 0 Å². The van der Waals surface area contributed by atoms with Crippen LogP contribution in [-0.4, -0.2) is 22.8 Å². The Labute approximate surface area is 166 Å². The van der Waals surface area contributed by atoms with Crippen LogP contribution in [0.15, 0.2) is 60.7 Å². The zero-order chi connectivity index (χ0) is 20.1. The molecule has 146 valence electrons. The van der Waals surface area contributed by atoms with Crippen molar-refractivity contribution >= 4 is 5.91 Å². The number of nitrogens with zero attached hydrogens (tertiary/aromatic N) is 2. The van der Waals surface area contributed by atoms with E-state index in [1.54, 1.807) is 7.11 Å². The van der Waals surface area contributed by atoms with E-state index in [4.69, 9.17) is 4.74 Å². The zero-order valence-corrected chi connectivity index (χ0v) is 16.8. The number of para-hydroxylation sites is 1. The van der Waals surface area contributed by atoms with Crippen LogP contribution < -0.4 is 10.1 Å². The van der Waals surface area contributed by atoms with Gasteiger partial charge >= 0.3 is 0 Å². The standard InChI is InChI=1S/C23H27N3O2/c1-5-20(26-17(3)15-16(2)25-26)23(27)24-22(18-11-7-6-8-12-18)19-13-9-10-14-21(19)28-4/h6-15,20,22H,5H2,1-4H3,(H,24,27)/t20-,22+/m1/s1. The Bertz CT molecular complexity index is 934. The lowest BCUT2D eigenvalue weighted by molar-refractivity contribution is -0.125. The number of carbonyl (C=O) groups is 1. The Kier molecular flexibility index (Phi) is 6.14. The van der Waals surface area contributed by atoms with Gasteiger partial charge in [-0.15, -0.1) is 0 Å². The van der Waals surface area contributed by atoms with E-state index in [-0.39, 0.29) is 18.0 Å². The second-order valence-corrected chi connectivity index (χ2v) is 6.89. The van der Waals surface area contributed by atoms with Crippen LogP contribution in [0.25, 0.3) is 0 Å². The number of benzene rings is 2. The molecule has 0 saturated carbocycles. The molecule has 5 heteroatoms. The summed E-state index contributed by atoms with van der Waals surface area (Å²) in [5.74, 6) is 0.685. The number of amides is 1. The van der Waals surface area contributed by atoms with Gasteiger partial charge in [0.25, 0.3) is 0 Å². The molecule has 0 saturated heterocycles. The minimum absolute atomic E-state index is 0.0616. The summed E-state index contributed by atoms with van der Waals surface area (Å²) in [5, 5.41) is 7.75. The highest BCUT2D eigenvalue weighted by atomic mass is 16.5. The van der Waals surface area contributed by atoms with Crippen LogP contribution >= 0.6 is 0 Å². The van der Waals surface area contributed by atoms with Gasteiger partial charge in [-0.1, -0.05) is 55.5 Å². The van der Waals surface area contributed by atoms with Crippen molar-refractivity contribution in [2.75, 3.05) is 7.11 Å². The summed E-state index contributed by atoms with van der Waals surface area (Å²) >= 11 is 0. The summed E-state index contributed by atoms with van der Waals surface area (Å²) in [7, 11) is 1.65. The lowest BCUT2D eigenvalue weighted by Crippen LogP contribution is -2.36. The van der Waals surface area contributed by atoms with Crippen molar-refractivity contribution in [3.05, 3.63) is 83.2 Å². The lowest BCUT2D eigenvalue weighted by atomic mass is 9.97. The summed E-state index contributed by atoms with van der Waals surface area (Å²) in [4.78, 5) is 13.3. The lowest BCUT2D eigenvalue weighted by Gasteiger charge is -2.25. The Hall–Kier alpha value is -3.08. The highest BCUT2D eigenvalue weighted by molar-refractivity contribution is 5.81. The van der Waals surface area contributed by atoms with Crippen molar-refractivity contribution in [2.45, 2.75) is 39.3 Å². The number of ether oxygens (including phenoxy) is 1. The van der Waals surface area contributed by atoms with E-state index in [1.165, 1.54) is 0 Å². The first kappa shape index (κ1) is 19.7. The fraction of sp³-hybridized carbons (Fsp3) is 0.304. The summed E-state index contributed by atoms with van der Waals surface area (Å²) in [5.41, 5.74) is 3.82. The predicted molar refractivity (Wildman–Crippen MR) is 110 cm³/mol. The highest BCUT2D eigenvalue weighted by Gasteiger charge is 2.26. The molecule has 3 aromatic rings. The average Bonchev–Trinajstić information content (AvgIpc) is 3.05. The Morgan fingerprint density at radius 3 is 2.39 bits per heavy atom. The van der Waals surface area contributed by atoms with E-state index in [0.717, 1.165) is 28.3 Å².